The molecule has 0 heterocycles. The molecule has 0 amide bonds. The Balaban J connectivity index is 2.10. The maximum Gasteiger partial charge on any atom is 0.233 e. The number of hydrogen-bond acceptors (Lipinski definition) is 3. The summed E-state index contributed by atoms with van der Waals surface area (Å²) in [5, 5.41) is 0. The Bertz CT molecular complexity index is 827. The standard InChI is InChI=1S/C17H11F2NO2/c1-20(10-6-7-13(18)14(19)8-10)15-9-16(21)17(22)12-5-3-2-4-11(12)15/h2-9H,1H3. The molecule has 0 aliphatic heterocycles. The van der Waals surface area contributed by atoms with Crippen LogP contribution in [0.15, 0.2) is 48.5 Å². The summed E-state index contributed by atoms with van der Waals surface area (Å²) >= 11 is 0. The number of halogens is 2. The van der Waals surface area contributed by atoms with Gasteiger partial charge in [0.05, 0.1) is 5.70 Å². The van der Waals surface area contributed by atoms with E-state index in [0.29, 0.717) is 22.5 Å². The second kappa shape index (κ2) is 5.18. The molecule has 0 radical (unpaired) electrons. The third-order valence-corrected chi connectivity index (χ3v) is 3.59. The minimum Gasteiger partial charge on any atom is -0.344 e. The second-order valence-electron chi connectivity index (χ2n) is 4.93. The number of anilines is 1. The van der Waals surface area contributed by atoms with Gasteiger partial charge in [-0.1, -0.05) is 24.3 Å². The molecule has 0 N–H and O–H groups in total. The number of carbonyl (C=O) groups excluding carboxylic acids is 2. The van der Waals surface area contributed by atoms with Crippen molar-refractivity contribution in [2.45, 2.75) is 0 Å². The van der Waals surface area contributed by atoms with Crippen molar-refractivity contribution >= 4 is 23.0 Å². The van der Waals surface area contributed by atoms with Gasteiger partial charge in [0.15, 0.2) is 11.6 Å². The molecule has 110 valence electrons. The first-order chi connectivity index (χ1) is 10.5. The molecular weight excluding hydrogens is 288 g/mol. The van der Waals surface area contributed by atoms with Gasteiger partial charge in [0.25, 0.3) is 0 Å². The average Bonchev–Trinajstić information content (AvgIpc) is 2.53. The smallest absolute Gasteiger partial charge is 0.233 e. The van der Waals surface area contributed by atoms with Crippen LogP contribution in [0.5, 0.6) is 0 Å². The van der Waals surface area contributed by atoms with E-state index in [2.05, 4.69) is 0 Å². The van der Waals surface area contributed by atoms with E-state index in [1.54, 1.807) is 36.2 Å². The van der Waals surface area contributed by atoms with Crippen LogP contribution in [-0.4, -0.2) is 18.6 Å². The Morgan fingerprint density at radius 3 is 2.27 bits per heavy atom. The molecule has 3 nitrogen and oxygen atoms in total. The molecule has 0 unspecified atom stereocenters. The number of fused-ring (bicyclic) bond motifs is 1. The Hall–Kier alpha value is -2.82. The van der Waals surface area contributed by atoms with Crippen molar-refractivity contribution in [1.29, 1.82) is 0 Å². The van der Waals surface area contributed by atoms with Crippen LogP contribution in [0.3, 0.4) is 0 Å². The van der Waals surface area contributed by atoms with Crippen LogP contribution >= 0.6 is 0 Å². The molecule has 0 aromatic heterocycles. The number of rotatable bonds is 2. The highest BCUT2D eigenvalue weighted by Crippen LogP contribution is 2.31. The van der Waals surface area contributed by atoms with E-state index < -0.39 is 23.2 Å². The largest absolute Gasteiger partial charge is 0.344 e. The summed E-state index contributed by atoms with van der Waals surface area (Å²) in [5.41, 5.74) is 1.73. The van der Waals surface area contributed by atoms with Crippen molar-refractivity contribution < 1.29 is 18.4 Å². The lowest BCUT2D eigenvalue weighted by atomic mass is 9.92. The SMILES string of the molecule is CN(C1=CC(=O)C(=O)c2ccccc21)c1ccc(F)c(F)c1. The molecule has 5 heteroatoms. The van der Waals surface area contributed by atoms with E-state index in [9.17, 15) is 18.4 Å². The zero-order valence-corrected chi connectivity index (χ0v) is 11.6. The number of benzene rings is 2. The van der Waals surface area contributed by atoms with Gasteiger partial charge in [0, 0.05) is 36.0 Å². The van der Waals surface area contributed by atoms with Gasteiger partial charge >= 0.3 is 0 Å². The molecular formula is C17H11F2NO2. The van der Waals surface area contributed by atoms with Crippen molar-refractivity contribution in [1.82, 2.24) is 0 Å². The summed E-state index contributed by atoms with van der Waals surface area (Å²) in [6, 6.07) is 10.2. The summed E-state index contributed by atoms with van der Waals surface area (Å²) in [5.74, 6) is -3.13. The third-order valence-electron chi connectivity index (χ3n) is 3.59. The van der Waals surface area contributed by atoms with Crippen LogP contribution < -0.4 is 4.90 Å². The summed E-state index contributed by atoms with van der Waals surface area (Å²) < 4.78 is 26.4. The van der Waals surface area contributed by atoms with Crippen molar-refractivity contribution in [3.8, 4) is 0 Å². The normalized spacial score (nSPS) is 13.7. The molecule has 22 heavy (non-hydrogen) atoms. The first kappa shape index (κ1) is 14.1. The van der Waals surface area contributed by atoms with Crippen molar-refractivity contribution in [3.63, 3.8) is 0 Å². The van der Waals surface area contributed by atoms with E-state index in [1.165, 1.54) is 12.1 Å². The van der Waals surface area contributed by atoms with Gasteiger partial charge in [-0.25, -0.2) is 8.78 Å². The van der Waals surface area contributed by atoms with Crippen LogP contribution in [0.4, 0.5) is 14.5 Å². The topological polar surface area (TPSA) is 37.4 Å². The van der Waals surface area contributed by atoms with E-state index >= 15 is 0 Å². The van der Waals surface area contributed by atoms with Gasteiger partial charge < -0.3 is 4.90 Å². The fourth-order valence-corrected chi connectivity index (χ4v) is 2.41. The second-order valence-corrected chi connectivity index (χ2v) is 4.93. The summed E-state index contributed by atoms with van der Waals surface area (Å²) in [6.07, 6.45) is 1.21. The summed E-state index contributed by atoms with van der Waals surface area (Å²) in [4.78, 5) is 25.3. The van der Waals surface area contributed by atoms with E-state index in [1.807, 2.05) is 0 Å². The maximum absolute atomic E-state index is 13.4. The average molecular weight is 299 g/mol. The minimum absolute atomic E-state index is 0.305. The highest BCUT2D eigenvalue weighted by atomic mass is 19.2. The highest BCUT2D eigenvalue weighted by Gasteiger charge is 2.27. The number of hydrogen-bond donors (Lipinski definition) is 0. The zero-order chi connectivity index (χ0) is 15.9. The monoisotopic (exact) mass is 299 g/mol. The molecule has 2 aromatic rings. The van der Waals surface area contributed by atoms with E-state index in [4.69, 9.17) is 0 Å². The first-order valence-corrected chi connectivity index (χ1v) is 6.57. The van der Waals surface area contributed by atoms with Gasteiger partial charge in [-0.2, -0.15) is 0 Å². The maximum atomic E-state index is 13.4. The molecule has 3 rings (SSSR count). The quantitative estimate of drug-likeness (QED) is 0.799. The predicted molar refractivity (Wildman–Crippen MR) is 78.5 cm³/mol. The Morgan fingerprint density at radius 1 is 0.909 bits per heavy atom. The molecule has 0 fully saturated rings. The van der Waals surface area contributed by atoms with Crippen molar-refractivity contribution in [3.05, 3.63) is 71.3 Å². The Morgan fingerprint density at radius 2 is 1.59 bits per heavy atom. The van der Waals surface area contributed by atoms with Crippen LogP contribution in [0.2, 0.25) is 0 Å². The number of allylic oxidation sites excluding steroid dienone is 1. The number of carbonyl (C=O) groups is 2. The lowest BCUT2D eigenvalue weighted by molar-refractivity contribution is -0.111. The number of Topliss-reactive ketones (excluding diaryl/α,β-unsaturated/α-hetero) is 1. The lowest BCUT2D eigenvalue weighted by Crippen LogP contribution is -2.25. The molecule has 2 aromatic carbocycles. The third kappa shape index (κ3) is 2.20. The number of ketones is 2. The fraction of sp³-hybridized carbons (Fsp3) is 0.0588. The van der Waals surface area contributed by atoms with Crippen LogP contribution in [0.1, 0.15) is 15.9 Å². The first-order valence-electron chi connectivity index (χ1n) is 6.57. The molecule has 1 aliphatic carbocycles. The molecule has 0 bridgehead atoms. The van der Waals surface area contributed by atoms with Gasteiger partial charge in [-0.05, 0) is 12.1 Å². The van der Waals surface area contributed by atoms with Gasteiger partial charge in [0.2, 0.25) is 11.6 Å². The van der Waals surface area contributed by atoms with Crippen LogP contribution in [0.25, 0.3) is 5.70 Å². The van der Waals surface area contributed by atoms with Crippen LogP contribution in [-0.2, 0) is 4.79 Å². The zero-order valence-electron chi connectivity index (χ0n) is 11.6. The van der Waals surface area contributed by atoms with Gasteiger partial charge in [-0.3, -0.25) is 9.59 Å². The van der Waals surface area contributed by atoms with Gasteiger partial charge in [0.1, 0.15) is 0 Å². The lowest BCUT2D eigenvalue weighted by Gasteiger charge is -2.26. The van der Waals surface area contributed by atoms with Gasteiger partial charge in [-0.15, -0.1) is 0 Å². The van der Waals surface area contributed by atoms with E-state index in [0.717, 1.165) is 12.1 Å². The Labute approximate surface area is 125 Å². The molecule has 0 saturated heterocycles. The predicted octanol–water partition coefficient (Wildman–Crippen LogP) is 3.21. The van der Waals surface area contributed by atoms with Crippen molar-refractivity contribution in [2.75, 3.05) is 11.9 Å². The van der Waals surface area contributed by atoms with Crippen molar-refractivity contribution in [2.24, 2.45) is 0 Å². The molecule has 0 atom stereocenters. The van der Waals surface area contributed by atoms with Crippen LogP contribution in [0, 0.1) is 11.6 Å². The highest BCUT2D eigenvalue weighted by molar-refractivity contribution is 6.50. The Kier molecular flexibility index (Phi) is 3.33. The minimum atomic E-state index is -0.976. The summed E-state index contributed by atoms with van der Waals surface area (Å²) in [6.45, 7) is 0. The fourth-order valence-electron chi connectivity index (χ4n) is 2.41. The molecule has 0 saturated carbocycles. The number of nitrogens with zero attached hydrogens (tertiary/aromatic N) is 1. The molecule has 0 spiro atoms. The molecule has 1 aliphatic rings. The van der Waals surface area contributed by atoms with E-state index in [-0.39, 0.29) is 0 Å². The summed E-state index contributed by atoms with van der Waals surface area (Å²) in [7, 11) is 1.62.